The fourth-order valence-electron chi connectivity index (χ4n) is 3.90. The van der Waals surface area contributed by atoms with Crippen molar-refractivity contribution in [1.82, 2.24) is 14.8 Å². The van der Waals surface area contributed by atoms with Gasteiger partial charge in [0, 0.05) is 36.0 Å². The lowest BCUT2D eigenvalue weighted by molar-refractivity contribution is -0.127. The number of aromatic nitrogens is 1. The number of rotatable bonds is 4. The highest BCUT2D eigenvalue weighted by Gasteiger charge is 2.19. The highest BCUT2D eigenvalue weighted by atomic mass is 16.2. The summed E-state index contributed by atoms with van der Waals surface area (Å²) in [5, 5.41) is 4.72. The van der Waals surface area contributed by atoms with E-state index >= 15 is 0 Å². The average Bonchev–Trinajstić information content (AvgIpc) is 3.18. The van der Waals surface area contributed by atoms with E-state index in [-0.39, 0.29) is 17.5 Å². The summed E-state index contributed by atoms with van der Waals surface area (Å²) < 4.78 is 1.76. The van der Waals surface area contributed by atoms with E-state index in [0.717, 1.165) is 29.7 Å². The standard InChI is InChI=1S/C25H25N3O2/c1-18(26-2)22-17-20-10-6-9-19(11-7-15-27-16-8-14-23(27)29)24(20)25(30)28(22)21-12-4-3-5-13-21/h3-6,9-10,12-13,17-18,26H,8,14-16H2,1-2H3. The van der Waals surface area contributed by atoms with Gasteiger partial charge in [-0.3, -0.25) is 14.2 Å². The second-order valence-corrected chi connectivity index (χ2v) is 7.55. The number of amides is 1. The summed E-state index contributed by atoms with van der Waals surface area (Å²) >= 11 is 0. The molecule has 0 spiro atoms. The normalized spacial score (nSPS) is 14.6. The van der Waals surface area contributed by atoms with Gasteiger partial charge in [-0.1, -0.05) is 42.2 Å². The molecule has 1 saturated heterocycles. The van der Waals surface area contributed by atoms with Gasteiger partial charge in [-0.2, -0.15) is 0 Å². The lowest BCUT2D eigenvalue weighted by Crippen LogP contribution is -2.27. The van der Waals surface area contributed by atoms with Crippen molar-refractivity contribution in [1.29, 1.82) is 0 Å². The van der Waals surface area contributed by atoms with Crippen LogP contribution in [0.4, 0.5) is 0 Å². The molecule has 4 rings (SSSR count). The van der Waals surface area contributed by atoms with E-state index in [9.17, 15) is 9.59 Å². The molecule has 30 heavy (non-hydrogen) atoms. The minimum absolute atomic E-state index is 0.00164. The van der Waals surface area contributed by atoms with E-state index in [1.54, 1.807) is 9.47 Å². The molecule has 1 fully saturated rings. The minimum Gasteiger partial charge on any atom is -0.332 e. The predicted molar refractivity (Wildman–Crippen MR) is 120 cm³/mol. The fourth-order valence-corrected chi connectivity index (χ4v) is 3.90. The van der Waals surface area contributed by atoms with Gasteiger partial charge in [0.15, 0.2) is 0 Å². The Labute approximate surface area is 176 Å². The SMILES string of the molecule is CNC(C)c1cc2cccc(C#CCN3CCCC3=O)c2c(=O)n1-c1ccccc1. The Hall–Kier alpha value is -3.36. The number of nitrogens with zero attached hydrogens (tertiary/aromatic N) is 2. The van der Waals surface area contributed by atoms with Crippen molar-refractivity contribution < 1.29 is 4.79 Å². The Morgan fingerprint density at radius 1 is 1.10 bits per heavy atom. The third-order valence-electron chi connectivity index (χ3n) is 5.63. The van der Waals surface area contributed by atoms with Crippen LogP contribution < -0.4 is 10.9 Å². The van der Waals surface area contributed by atoms with Crippen LogP contribution >= 0.6 is 0 Å². The summed E-state index contributed by atoms with van der Waals surface area (Å²) in [6.45, 7) is 3.20. The van der Waals surface area contributed by atoms with Crippen LogP contribution in [-0.4, -0.2) is 35.5 Å². The summed E-state index contributed by atoms with van der Waals surface area (Å²) in [5.74, 6) is 6.39. The van der Waals surface area contributed by atoms with E-state index in [1.165, 1.54) is 0 Å². The zero-order valence-electron chi connectivity index (χ0n) is 17.3. The van der Waals surface area contributed by atoms with Crippen molar-refractivity contribution in [2.45, 2.75) is 25.8 Å². The van der Waals surface area contributed by atoms with Gasteiger partial charge in [-0.25, -0.2) is 0 Å². The molecule has 5 nitrogen and oxygen atoms in total. The van der Waals surface area contributed by atoms with Crippen LogP contribution in [0.3, 0.4) is 0 Å². The van der Waals surface area contributed by atoms with Crippen molar-refractivity contribution in [2.75, 3.05) is 20.1 Å². The summed E-state index contributed by atoms with van der Waals surface area (Å²) in [6, 6.07) is 17.5. The first-order valence-corrected chi connectivity index (χ1v) is 10.3. The molecule has 1 aliphatic heterocycles. The monoisotopic (exact) mass is 399 g/mol. The van der Waals surface area contributed by atoms with Crippen molar-refractivity contribution in [3.63, 3.8) is 0 Å². The molecule has 0 bridgehead atoms. The number of nitrogens with one attached hydrogen (secondary N) is 1. The Morgan fingerprint density at radius 3 is 2.60 bits per heavy atom. The Balaban J connectivity index is 1.86. The van der Waals surface area contributed by atoms with Crippen LogP contribution in [0, 0.1) is 11.8 Å². The van der Waals surface area contributed by atoms with Gasteiger partial charge < -0.3 is 10.2 Å². The third-order valence-corrected chi connectivity index (χ3v) is 5.63. The van der Waals surface area contributed by atoms with E-state index in [0.29, 0.717) is 23.9 Å². The van der Waals surface area contributed by atoms with Gasteiger partial charge in [0.1, 0.15) is 0 Å². The number of para-hydroxylation sites is 1. The molecule has 1 aliphatic rings. The number of hydrogen-bond donors (Lipinski definition) is 1. The first kappa shape index (κ1) is 19.9. The highest BCUT2D eigenvalue weighted by Crippen LogP contribution is 2.22. The number of fused-ring (bicyclic) bond motifs is 1. The van der Waals surface area contributed by atoms with Gasteiger partial charge in [0.05, 0.1) is 11.9 Å². The van der Waals surface area contributed by atoms with E-state index in [4.69, 9.17) is 0 Å². The Bertz CT molecular complexity index is 1200. The van der Waals surface area contributed by atoms with Gasteiger partial charge >= 0.3 is 0 Å². The smallest absolute Gasteiger partial charge is 0.264 e. The summed E-state index contributed by atoms with van der Waals surface area (Å²) in [4.78, 5) is 27.2. The Morgan fingerprint density at radius 2 is 1.90 bits per heavy atom. The summed E-state index contributed by atoms with van der Waals surface area (Å²) in [6.07, 6.45) is 1.49. The number of carbonyl (C=O) groups excluding carboxylic acids is 1. The lowest BCUT2D eigenvalue weighted by atomic mass is 10.0. The molecule has 2 heterocycles. The van der Waals surface area contributed by atoms with E-state index in [2.05, 4.69) is 23.2 Å². The Kier molecular flexibility index (Phi) is 5.69. The lowest BCUT2D eigenvalue weighted by Gasteiger charge is -2.19. The average molecular weight is 399 g/mol. The molecule has 0 saturated carbocycles. The number of carbonyl (C=O) groups is 1. The molecule has 2 aromatic carbocycles. The molecule has 152 valence electrons. The van der Waals surface area contributed by atoms with Crippen LogP contribution in [0.5, 0.6) is 0 Å². The summed E-state index contributed by atoms with van der Waals surface area (Å²) in [5.41, 5.74) is 2.33. The fraction of sp³-hybridized carbons (Fsp3) is 0.280. The quantitative estimate of drug-likeness (QED) is 0.686. The van der Waals surface area contributed by atoms with Gasteiger partial charge in [0.25, 0.3) is 5.56 Å². The first-order valence-electron chi connectivity index (χ1n) is 10.3. The zero-order valence-corrected chi connectivity index (χ0v) is 17.3. The molecule has 3 aromatic rings. The maximum atomic E-state index is 13.7. The van der Waals surface area contributed by atoms with E-state index < -0.39 is 0 Å². The van der Waals surface area contributed by atoms with Crippen molar-refractivity contribution in [3.05, 3.63) is 76.2 Å². The zero-order chi connectivity index (χ0) is 21.1. The molecule has 5 heteroatoms. The van der Waals surface area contributed by atoms with Gasteiger partial charge in [0.2, 0.25) is 5.91 Å². The maximum absolute atomic E-state index is 13.7. The second kappa shape index (κ2) is 8.56. The largest absolute Gasteiger partial charge is 0.332 e. The molecule has 0 aliphatic carbocycles. The molecule has 1 aromatic heterocycles. The first-order chi connectivity index (χ1) is 14.6. The number of hydrogen-bond acceptors (Lipinski definition) is 3. The third kappa shape index (κ3) is 3.74. The van der Waals surface area contributed by atoms with Gasteiger partial charge in [-0.15, -0.1) is 0 Å². The second-order valence-electron chi connectivity index (χ2n) is 7.55. The molecule has 1 N–H and O–H groups in total. The number of pyridine rings is 1. The molecule has 0 radical (unpaired) electrons. The minimum atomic E-state index is -0.0852. The van der Waals surface area contributed by atoms with Crippen molar-refractivity contribution in [3.8, 4) is 17.5 Å². The summed E-state index contributed by atoms with van der Waals surface area (Å²) in [7, 11) is 1.89. The van der Waals surface area contributed by atoms with Crippen LogP contribution in [0.25, 0.3) is 16.5 Å². The molecular formula is C25H25N3O2. The van der Waals surface area contributed by atoms with Crippen LogP contribution in [0.1, 0.15) is 37.1 Å². The molecular weight excluding hydrogens is 374 g/mol. The topological polar surface area (TPSA) is 54.3 Å². The van der Waals surface area contributed by atoms with Crippen LogP contribution in [-0.2, 0) is 4.79 Å². The van der Waals surface area contributed by atoms with Crippen molar-refractivity contribution in [2.24, 2.45) is 0 Å². The maximum Gasteiger partial charge on any atom is 0.264 e. The molecule has 1 atom stereocenters. The van der Waals surface area contributed by atoms with E-state index in [1.807, 2.05) is 62.5 Å². The van der Waals surface area contributed by atoms with Gasteiger partial charge in [-0.05, 0) is 50.0 Å². The van der Waals surface area contributed by atoms with Crippen LogP contribution in [0.15, 0.2) is 59.4 Å². The molecule has 1 amide bonds. The van der Waals surface area contributed by atoms with Crippen LogP contribution in [0.2, 0.25) is 0 Å². The predicted octanol–water partition coefficient (Wildman–Crippen LogP) is 3.25. The molecule has 1 unspecified atom stereocenters. The number of likely N-dealkylation sites (tertiary alicyclic amines) is 1. The highest BCUT2D eigenvalue weighted by molar-refractivity contribution is 5.88. The number of benzene rings is 2. The van der Waals surface area contributed by atoms with Crippen molar-refractivity contribution >= 4 is 16.7 Å².